The van der Waals surface area contributed by atoms with Gasteiger partial charge in [-0.3, -0.25) is 13.9 Å². The van der Waals surface area contributed by atoms with Crippen molar-refractivity contribution >= 4 is 27.5 Å². The summed E-state index contributed by atoms with van der Waals surface area (Å²) in [6, 6.07) is 19.6. The molecule has 4 rings (SSSR count). The summed E-state index contributed by atoms with van der Waals surface area (Å²) in [6.07, 6.45) is 5.07. The zero-order valence-electron chi connectivity index (χ0n) is 25.3. The summed E-state index contributed by atoms with van der Waals surface area (Å²) in [7, 11) is -1.17. The molecule has 0 spiro atoms. The van der Waals surface area contributed by atoms with Crippen LogP contribution in [0.2, 0.25) is 0 Å². The number of para-hydroxylation sites is 2. The zero-order valence-corrected chi connectivity index (χ0v) is 26.1. The van der Waals surface area contributed by atoms with Gasteiger partial charge in [0.05, 0.1) is 24.8 Å². The molecular weight excluding hydrogens is 566 g/mol. The number of nitrogens with zero attached hydrogens (tertiary/aromatic N) is 2. The average molecular weight is 608 g/mol. The van der Waals surface area contributed by atoms with Crippen LogP contribution in [0.5, 0.6) is 11.5 Å². The number of sulfonamides is 1. The first kappa shape index (κ1) is 31.9. The van der Waals surface area contributed by atoms with Crippen LogP contribution in [0.15, 0.2) is 77.7 Å². The number of hydrogen-bond donors (Lipinski definition) is 1. The Morgan fingerprint density at radius 3 is 2.19 bits per heavy atom. The van der Waals surface area contributed by atoms with E-state index < -0.39 is 28.5 Å². The molecule has 0 bridgehead atoms. The van der Waals surface area contributed by atoms with Gasteiger partial charge in [0.1, 0.15) is 24.1 Å². The number of aryl methyl sites for hydroxylation is 1. The second kappa shape index (κ2) is 14.4. The van der Waals surface area contributed by atoms with Gasteiger partial charge in [0.15, 0.2) is 0 Å². The lowest BCUT2D eigenvalue weighted by molar-refractivity contribution is -0.139. The number of anilines is 1. The Labute approximate surface area is 254 Å². The zero-order chi connectivity index (χ0) is 31.0. The summed E-state index contributed by atoms with van der Waals surface area (Å²) in [5.74, 6) is 0.176. The maximum absolute atomic E-state index is 14.2. The third-order valence-corrected chi connectivity index (χ3v) is 9.65. The highest BCUT2D eigenvalue weighted by Gasteiger charge is 2.34. The van der Waals surface area contributed by atoms with Gasteiger partial charge in [0.2, 0.25) is 11.8 Å². The first-order chi connectivity index (χ1) is 20.6. The molecule has 1 fully saturated rings. The van der Waals surface area contributed by atoms with Crippen LogP contribution in [0.4, 0.5) is 5.69 Å². The Bertz CT molecular complexity index is 1490. The van der Waals surface area contributed by atoms with Crippen LogP contribution < -0.4 is 19.1 Å². The number of hydrogen-bond acceptors (Lipinski definition) is 6. The summed E-state index contributed by atoms with van der Waals surface area (Å²) in [6.45, 7) is 3.12. The van der Waals surface area contributed by atoms with Crippen molar-refractivity contribution in [3.05, 3.63) is 83.9 Å². The highest BCUT2D eigenvalue weighted by molar-refractivity contribution is 7.92. The highest BCUT2D eigenvalue weighted by Crippen LogP contribution is 2.32. The smallest absolute Gasteiger partial charge is 0.264 e. The van der Waals surface area contributed by atoms with Crippen LogP contribution in [0.3, 0.4) is 0 Å². The molecule has 0 unspecified atom stereocenters. The van der Waals surface area contributed by atoms with Crippen molar-refractivity contribution < 1.29 is 27.5 Å². The van der Waals surface area contributed by atoms with Crippen molar-refractivity contribution in [3.8, 4) is 11.5 Å². The third-order valence-electron chi connectivity index (χ3n) is 7.87. The van der Waals surface area contributed by atoms with E-state index in [0.717, 1.165) is 47.5 Å². The molecule has 3 aromatic rings. The molecular formula is C33H41N3O6S. The fourth-order valence-electron chi connectivity index (χ4n) is 5.27. The van der Waals surface area contributed by atoms with Gasteiger partial charge in [-0.25, -0.2) is 8.42 Å². The van der Waals surface area contributed by atoms with Crippen LogP contribution in [0.1, 0.15) is 50.2 Å². The lowest BCUT2D eigenvalue weighted by Gasteiger charge is -2.33. The molecule has 1 atom stereocenters. The lowest BCUT2D eigenvalue weighted by Crippen LogP contribution is -2.53. The van der Waals surface area contributed by atoms with Crippen LogP contribution in [0, 0.1) is 6.92 Å². The Hall–Kier alpha value is -4.05. The molecule has 1 aliphatic carbocycles. The molecule has 10 heteroatoms. The van der Waals surface area contributed by atoms with Gasteiger partial charge in [0, 0.05) is 12.6 Å². The van der Waals surface area contributed by atoms with E-state index >= 15 is 0 Å². The molecule has 1 saturated carbocycles. The number of carbonyl (C=O) groups is 2. The number of rotatable bonds is 12. The summed E-state index contributed by atoms with van der Waals surface area (Å²) in [5.41, 5.74) is 1.90. The van der Waals surface area contributed by atoms with E-state index in [0.29, 0.717) is 11.5 Å². The van der Waals surface area contributed by atoms with Crippen LogP contribution >= 0.6 is 0 Å². The van der Waals surface area contributed by atoms with E-state index in [1.54, 1.807) is 62.6 Å². The standard InChI is InChI=1S/C33H41N3O6S/c1-24-14-20-29(21-15-24)43(39,40)36(30-12-8-9-13-31(30)42-4)23-32(37)35(22-26-16-18-28(41-3)19-17-26)25(2)33(38)34-27-10-6-5-7-11-27/h8-9,12-21,25,27H,5-7,10-11,22-23H2,1-4H3,(H,34,38)/t25-/m0/s1. The topological polar surface area (TPSA) is 105 Å². The average Bonchev–Trinajstić information content (AvgIpc) is 3.03. The molecule has 1 aliphatic rings. The molecule has 3 aromatic carbocycles. The minimum atomic E-state index is -4.19. The van der Waals surface area contributed by atoms with Crippen molar-refractivity contribution in [2.24, 2.45) is 0 Å². The number of carbonyl (C=O) groups excluding carboxylic acids is 2. The molecule has 0 aromatic heterocycles. The molecule has 230 valence electrons. The highest BCUT2D eigenvalue weighted by atomic mass is 32.2. The molecule has 0 heterocycles. The molecule has 0 aliphatic heterocycles. The maximum atomic E-state index is 14.2. The summed E-state index contributed by atoms with van der Waals surface area (Å²) >= 11 is 0. The first-order valence-electron chi connectivity index (χ1n) is 14.6. The Morgan fingerprint density at radius 1 is 0.907 bits per heavy atom. The summed E-state index contributed by atoms with van der Waals surface area (Å²) in [5, 5.41) is 3.12. The van der Waals surface area contributed by atoms with E-state index in [9.17, 15) is 18.0 Å². The predicted molar refractivity (Wildman–Crippen MR) is 167 cm³/mol. The number of amides is 2. The molecule has 0 radical (unpaired) electrons. The van der Waals surface area contributed by atoms with Crippen molar-refractivity contribution in [2.75, 3.05) is 25.1 Å². The van der Waals surface area contributed by atoms with Crippen molar-refractivity contribution in [3.63, 3.8) is 0 Å². The Kier molecular flexibility index (Phi) is 10.7. The minimum absolute atomic E-state index is 0.0431. The van der Waals surface area contributed by atoms with Gasteiger partial charge < -0.3 is 19.7 Å². The second-order valence-corrected chi connectivity index (χ2v) is 12.7. The van der Waals surface area contributed by atoms with Gasteiger partial charge in [-0.05, 0) is 68.7 Å². The predicted octanol–water partition coefficient (Wildman–Crippen LogP) is 5.07. The lowest BCUT2D eigenvalue weighted by atomic mass is 9.95. The number of ether oxygens (including phenoxy) is 2. The number of methoxy groups -OCH3 is 2. The summed E-state index contributed by atoms with van der Waals surface area (Å²) < 4.78 is 40.0. The van der Waals surface area contributed by atoms with Gasteiger partial charge in [-0.2, -0.15) is 0 Å². The number of benzene rings is 3. The van der Waals surface area contributed by atoms with Crippen molar-refractivity contribution in [1.29, 1.82) is 0 Å². The van der Waals surface area contributed by atoms with Crippen molar-refractivity contribution in [2.45, 2.75) is 69.5 Å². The molecule has 1 N–H and O–H groups in total. The second-order valence-electron chi connectivity index (χ2n) is 10.9. The van der Waals surface area contributed by atoms with Crippen LogP contribution in [-0.4, -0.2) is 58.0 Å². The number of nitrogens with one attached hydrogen (secondary N) is 1. The SMILES string of the molecule is COc1ccc(CN(C(=O)CN(c2ccccc2OC)S(=O)(=O)c2ccc(C)cc2)[C@@H](C)C(=O)NC2CCCCC2)cc1. The molecule has 2 amide bonds. The monoisotopic (exact) mass is 607 g/mol. The minimum Gasteiger partial charge on any atom is -0.497 e. The van der Waals surface area contributed by atoms with E-state index in [4.69, 9.17) is 9.47 Å². The van der Waals surface area contributed by atoms with Crippen molar-refractivity contribution in [1.82, 2.24) is 10.2 Å². The van der Waals surface area contributed by atoms with E-state index in [-0.39, 0.29) is 29.1 Å². The Morgan fingerprint density at radius 2 is 1.56 bits per heavy atom. The third kappa shape index (κ3) is 7.87. The van der Waals surface area contributed by atoms with E-state index in [2.05, 4.69) is 5.32 Å². The maximum Gasteiger partial charge on any atom is 0.264 e. The van der Waals surface area contributed by atoms with Crippen LogP contribution in [0.25, 0.3) is 0 Å². The van der Waals surface area contributed by atoms with Gasteiger partial charge in [-0.15, -0.1) is 0 Å². The fraction of sp³-hybridized carbons (Fsp3) is 0.394. The Balaban J connectivity index is 1.70. The van der Waals surface area contributed by atoms with Crippen LogP contribution in [-0.2, 0) is 26.2 Å². The normalized spacial score (nSPS) is 14.4. The van der Waals surface area contributed by atoms with E-state index in [1.165, 1.54) is 24.1 Å². The molecule has 43 heavy (non-hydrogen) atoms. The van der Waals surface area contributed by atoms with Gasteiger partial charge in [0.25, 0.3) is 10.0 Å². The van der Waals surface area contributed by atoms with Gasteiger partial charge >= 0.3 is 0 Å². The van der Waals surface area contributed by atoms with E-state index in [1.807, 2.05) is 19.1 Å². The van der Waals surface area contributed by atoms with Gasteiger partial charge in [-0.1, -0.05) is 61.2 Å². The first-order valence-corrected chi connectivity index (χ1v) is 16.0. The summed E-state index contributed by atoms with van der Waals surface area (Å²) in [4.78, 5) is 29.2. The largest absolute Gasteiger partial charge is 0.497 e. The quantitative estimate of drug-likeness (QED) is 0.308. The molecule has 9 nitrogen and oxygen atoms in total. The fourth-order valence-corrected chi connectivity index (χ4v) is 6.69. The molecule has 0 saturated heterocycles.